The monoisotopic (exact) mass is 233 g/mol. The van der Waals surface area contributed by atoms with E-state index in [0.717, 1.165) is 6.20 Å². The largest absolute Gasteiger partial charge is 0.478 e. The average Bonchev–Trinajstić information content (AvgIpc) is 2.33. The zero-order chi connectivity index (χ0) is 12.3. The third-order valence-corrected chi connectivity index (χ3v) is 2.02. The van der Waals surface area contributed by atoms with Crippen LogP contribution in [0.1, 0.15) is 10.4 Å². The van der Waals surface area contributed by atoms with Gasteiger partial charge < -0.3 is 9.84 Å². The number of pyridine rings is 1. The molecule has 0 atom stereocenters. The van der Waals surface area contributed by atoms with Crippen LogP contribution in [0.25, 0.3) is 0 Å². The molecule has 1 aromatic carbocycles. The van der Waals surface area contributed by atoms with Gasteiger partial charge >= 0.3 is 5.97 Å². The van der Waals surface area contributed by atoms with Gasteiger partial charge in [0.25, 0.3) is 0 Å². The van der Waals surface area contributed by atoms with Crippen LogP contribution in [-0.2, 0) is 0 Å². The first-order valence-electron chi connectivity index (χ1n) is 4.78. The highest BCUT2D eigenvalue weighted by molar-refractivity contribution is 5.87. The number of carboxylic acid groups (broad SMARTS) is 1. The van der Waals surface area contributed by atoms with Gasteiger partial charge in [-0.25, -0.2) is 14.2 Å². The highest BCUT2D eigenvalue weighted by Crippen LogP contribution is 2.19. The van der Waals surface area contributed by atoms with Crippen molar-refractivity contribution < 1.29 is 19.0 Å². The molecule has 0 unspecified atom stereocenters. The Morgan fingerprint density at radius 1 is 1.18 bits per heavy atom. The summed E-state index contributed by atoms with van der Waals surface area (Å²) in [5.41, 5.74) is 0.171. The maximum Gasteiger partial charge on any atom is 0.335 e. The topological polar surface area (TPSA) is 59.4 Å². The van der Waals surface area contributed by atoms with Gasteiger partial charge in [0.1, 0.15) is 11.6 Å². The quantitative estimate of drug-likeness (QED) is 0.885. The lowest BCUT2D eigenvalue weighted by Crippen LogP contribution is -1.95. The van der Waals surface area contributed by atoms with Crippen LogP contribution in [0, 0.1) is 5.82 Å². The van der Waals surface area contributed by atoms with Crippen molar-refractivity contribution in [3.8, 4) is 11.6 Å². The SMILES string of the molecule is O=C(O)c1ccc(Oc2ccc(F)cn2)cc1. The lowest BCUT2D eigenvalue weighted by atomic mass is 10.2. The summed E-state index contributed by atoms with van der Waals surface area (Å²) in [6.07, 6.45) is 1.04. The highest BCUT2D eigenvalue weighted by Gasteiger charge is 2.03. The van der Waals surface area contributed by atoms with E-state index in [1.54, 1.807) is 0 Å². The molecule has 1 N–H and O–H groups in total. The molecule has 0 aliphatic heterocycles. The minimum absolute atomic E-state index is 0.171. The van der Waals surface area contributed by atoms with E-state index in [1.807, 2.05) is 0 Å². The second-order valence-electron chi connectivity index (χ2n) is 3.25. The predicted octanol–water partition coefficient (Wildman–Crippen LogP) is 2.71. The molecule has 0 spiro atoms. The van der Waals surface area contributed by atoms with Gasteiger partial charge in [0.05, 0.1) is 11.8 Å². The number of carboxylic acids is 1. The van der Waals surface area contributed by atoms with E-state index >= 15 is 0 Å². The van der Waals surface area contributed by atoms with E-state index in [1.165, 1.54) is 36.4 Å². The Bertz CT molecular complexity index is 522. The van der Waals surface area contributed by atoms with E-state index in [2.05, 4.69) is 4.98 Å². The smallest absolute Gasteiger partial charge is 0.335 e. The van der Waals surface area contributed by atoms with Crippen molar-refractivity contribution in [2.45, 2.75) is 0 Å². The van der Waals surface area contributed by atoms with Gasteiger partial charge in [0, 0.05) is 6.07 Å². The summed E-state index contributed by atoms with van der Waals surface area (Å²) in [5, 5.41) is 8.70. The Kier molecular flexibility index (Phi) is 3.00. The van der Waals surface area contributed by atoms with E-state index < -0.39 is 11.8 Å². The number of rotatable bonds is 3. The first-order valence-corrected chi connectivity index (χ1v) is 4.78. The van der Waals surface area contributed by atoms with Gasteiger partial charge in [-0.2, -0.15) is 0 Å². The summed E-state index contributed by atoms with van der Waals surface area (Å²) in [5.74, 6) is -0.765. The molecule has 0 bridgehead atoms. The van der Waals surface area contributed by atoms with Gasteiger partial charge in [0.15, 0.2) is 0 Å². The number of aromatic carboxylic acids is 1. The van der Waals surface area contributed by atoms with E-state index in [-0.39, 0.29) is 11.4 Å². The van der Waals surface area contributed by atoms with E-state index in [4.69, 9.17) is 9.84 Å². The average molecular weight is 233 g/mol. The van der Waals surface area contributed by atoms with Gasteiger partial charge in [-0.1, -0.05) is 0 Å². The molecule has 2 aromatic rings. The molecule has 0 radical (unpaired) electrons. The minimum atomic E-state index is -1.00. The number of carbonyl (C=O) groups is 1. The minimum Gasteiger partial charge on any atom is -0.478 e. The molecular weight excluding hydrogens is 225 g/mol. The number of hydrogen-bond acceptors (Lipinski definition) is 3. The zero-order valence-corrected chi connectivity index (χ0v) is 8.63. The molecule has 5 heteroatoms. The highest BCUT2D eigenvalue weighted by atomic mass is 19.1. The second-order valence-corrected chi connectivity index (χ2v) is 3.25. The van der Waals surface area contributed by atoms with E-state index in [9.17, 15) is 9.18 Å². The van der Waals surface area contributed by atoms with Crippen LogP contribution in [0.2, 0.25) is 0 Å². The lowest BCUT2D eigenvalue weighted by Gasteiger charge is -2.04. The molecule has 0 aliphatic rings. The molecule has 0 fully saturated rings. The molecule has 1 heterocycles. The third-order valence-electron chi connectivity index (χ3n) is 2.02. The Labute approximate surface area is 96.3 Å². The van der Waals surface area contributed by atoms with Crippen LogP contribution < -0.4 is 4.74 Å². The van der Waals surface area contributed by atoms with Crippen molar-refractivity contribution in [3.05, 3.63) is 54.0 Å². The van der Waals surface area contributed by atoms with Crippen LogP contribution >= 0.6 is 0 Å². The molecule has 4 nitrogen and oxygen atoms in total. The standard InChI is InChI=1S/C12H8FNO3/c13-9-3-6-11(14-7-9)17-10-4-1-8(2-5-10)12(15)16/h1-7H,(H,15,16). The Morgan fingerprint density at radius 3 is 2.41 bits per heavy atom. The summed E-state index contributed by atoms with van der Waals surface area (Å²) in [6, 6.07) is 8.47. The number of aromatic nitrogens is 1. The van der Waals surface area contributed by atoms with Gasteiger partial charge in [-0.3, -0.25) is 0 Å². The summed E-state index contributed by atoms with van der Waals surface area (Å²) >= 11 is 0. The molecule has 0 saturated heterocycles. The summed E-state index contributed by atoms with van der Waals surface area (Å²) in [4.78, 5) is 14.3. The van der Waals surface area contributed by atoms with Crippen LogP contribution in [0.15, 0.2) is 42.6 Å². The fourth-order valence-electron chi connectivity index (χ4n) is 1.21. The van der Waals surface area contributed by atoms with Crippen molar-refractivity contribution >= 4 is 5.97 Å². The molecule has 0 amide bonds. The third kappa shape index (κ3) is 2.78. The fourth-order valence-corrected chi connectivity index (χ4v) is 1.21. The van der Waals surface area contributed by atoms with Crippen molar-refractivity contribution in [3.63, 3.8) is 0 Å². The number of hydrogen-bond donors (Lipinski definition) is 1. The molecule has 17 heavy (non-hydrogen) atoms. The van der Waals surface area contributed by atoms with Crippen molar-refractivity contribution in [2.24, 2.45) is 0 Å². The van der Waals surface area contributed by atoms with Gasteiger partial charge in [-0.15, -0.1) is 0 Å². The van der Waals surface area contributed by atoms with Crippen LogP contribution in [-0.4, -0.2) is 16.1 Å². The van der Waals surface area contributed by atoms with Crippen molar-refractivity contribution in [1.82, 2.24) is 4.98 Å². The first kappa shape index (κ1) is 11.1. The number of nitrogens with zero attached hydrogens (tertiary/aromatic N) is 1. The van der Waals surface area contributed by atoms with Crippen molar-refractivity contribution in [1.29, 1.82) is 0 Å². The van der Waals surface area contributed by atoms with Crippen LogP contribution in [0.5, 0.6) is 11.6 Å². The number of benzene rings is 1. The fraction of sp³-hybridized carbons (Fsp3) is 0. The maximum atomic E-state index is 12.6. The molecule has 0 aliphatic carbocycles. The van der Waals surface area contributed by atoms with Crippen molar-refractivity contribution in [2.75, 3.05) is 0 Å². The van der Waals surface area contributed by atoms with Gasteiger partial charge in [-0.05, 0) is 30.3 Å². The molecule has 0 saturated carbocycles. The lowest BCUT2D eigenvalue weighted by molar-refractivity contribution is 0.0697. The summed E-state index contributed by atoms with van der Waals surface area (Å²) in [6.45, 7) is 0. The second kappa shape index (κ2) is 4.61. The summed E-state index contributed by atoms with van der Waals surface area (Å²) < 4.78 is 17.9. The molecule has 86 valence electrons. The molecular formula is C12H8FNO3. The Morgan fingerprint density at radius 2 is 1.88 bits per heavy atom. The first-order chi connectivity index (χ1) is 8.15. The van der Waals surface area contributed by atoms with Crippen LogP contribution in [0.4, 0.5) is 4.39 Å². The maximum absolute atomic E-state index is 12.6. The van der Waals surface area contributed by atoms with Crippen LogP contribution in [0.3, 0.4) is 0 Å². The van der Waals surface area contributed by atoms with E-state index in [0.29, 0.717) is 5.75 Å². The number of halogens is 1. The zero-order valence-electron chi connectivity index (χ0n) is 8.63. The molecule has 1 aromatic heterocycles. The Balaban J connectivity index is 2.13. The summed E-state index contributed by atoms with van der Waals surface area (Å²) in [7, 11) is 0. The predicted molar refractivity (Wildman–Crippen MR) is 57.7 cm³/mol. The number of ether oxygens (including phenoxy) is 1. The Hall–Kier alpha value is -2.43. The van der Waals surface area contributed by atoms with Gasteiger partial charge in [0.2, 0.25) is 5.88 Å². The molecule has 2 rings (SSSR count). The normalized spacial score (nSPS) is 9.94.